The Bertz CT molecular complexity index is 600. The van der Waals surface area contributed by atoms with E-state index in [2.05, 4.69) is 10.0 Å². The Morgan fingerprint density at radius 3 is 2.57 bits per heavy atom. The molecular formula is C13H19FN2O4S. The molecule has 1 aliphatic rings. The van der Waals surface area contributed by atoms with Crippen molar-refractivity contribution in [3.63, 3.8) is 0 Å². The minimum atomic E-state index is -3.94. The molecule has 1 fully saturated rings. The SMILES string of the molecule is COc1cc(F)c(S(=O)(=O)NCC2CCCN2)cc1OC. The van der Waals surface area contributed by atoms with E-state index in [0.29, 0.717) is 0 Å². The number of sulfonamides is 1. The summed E-state index contributed by atoms with van der Waals surface area (Å²) in [6.07, 6.45) is 1.91. The van der Waals surface area contributed by atoms with Crippen LogP contribution >= 0.6 is 0 Å². The summed E-state index contributed by atoms with van der Waals surface area (Å²) in [7, 11) is -1.22. The van der Waals surface area contributed by atoms with Gasteiger partial charge in [-0.2, -0.15) is 0 Å². The van der Waals surface area contributed by atoms with Crippen LogP contribution in [0, 0.1) is 5.82 Å². The Morgan fingerprint density at radius 1 is 1.33 bits per heavy atom. The van der Waals surface area contributed by atoms with Crippen LogP contribution in [0.4, 0.5) is 4.39 Å². The third kappa shape index (κ3) is 3.63. The first-order valence-corrected chi connectivity index (χ1v) is 8.11. The lowest BCUT2D eigenvalue weighted by Gasteiger charge is -2.14. The quantitative estimate of drug-likeness (QED) is 0.814. The lowest BCUT2D eigenvalue weighted by molar-refractivity contribution is 0.350. The van der Waals surface area contributed by atoms with E-state index in [0.717, 1.165) is 31.5 Å². The van der Waals surface area contributed by atoms with Gasteiger partial charge in [0, 0.05) is 24.7 Å². The number of rotatable bonds is 6. The molecule has 2 N–H and O–H groups in total. The summed E-state index contributed by atoms with van der Waals surface area (Å²) in [6.45, 7) is 1.10. The van der Waals surface area contributed by atoms with Gasteiger partial charge < -0.3 is 14.8 Å². The Morgan fingerprint density at radius 2 is 2.00 bits per heavy atom. The summed E-state index contributed by atoms with van der Waals surface area (Å²) in [5.41, 5.74) is 0. The van der Waals surface area contributed by atoms with Gasteiger partial charge in [-0.25, -0.2) is 17.5 Å². The molecule has 0 radical (unpaired) electrons. The Balaban J connectivity index is 2.22. The first-order chi connectivity index (χ1) is 9.97. The highest BCUT2D eigenvalue weighted by atomic mass is 32.2. The molecule has 1 aromatic carbocycles. The molecule has 118 valence electrons. The van der Waals surface area contributed by atoms with E-state index < -0.39 is 20.7 Å². The van der Waals surface area contributed by atoms with Gasteiger partial charge in [-0.15, -0.1) is 0 Å². The Labute approximate surface area is 123 Å². The molecule has 1 aliphatic heterocycles. The fourth-order valence-electron chi connectivity index (χ4n) is 2.26. The van der Waals surface area contributed by atoms with Crippen LogP contribution in [0.25, 0.3) is 0 Å². The monoisotopic (exact) mass is 318 g/mol. The zero-order valence-corrected chi connectivity index (χ0v) is 12.8. The predicted molar refractivity (Wildman–Crippen MR) is 75.7 cm³/mol. The predicted octanol–water partition coefficient (Wildman–Crippen LogP) is 0.873. The molecule has 0 aliphatic carbocycles. The summed E-state index contributed by atoms with van der Waals surface area (Å²) in [5.74, 6) is -0.566. The van der Waals surface area contributed by atoms with Gasteiger partial charge in [0.15, 0.2) is 11.5 Å². The third-order valence-electron chi connectivity index (χ3n) is 3.41. The van der Waals surface area contributed by atoms with Crippen LogP contribution in [-0.2, 0) is 10.0 Å². The molecule has 1 atom stereocenters. The van der Waals surface area contributed by atoms with Gasteiger partial charge in [0.05, 0.1) is 14.2 Å². The average Bonchev–Trinajstić information content (AvgIpc) is 2.98. The van der Waals surface area contributed by atoms with Crippen molar-refractivity contribution >= 4 is 10.0 Å². The van der Waals surface area contributed by atoms with Crippen LogP contribution < -0.4 is 19.5 Å². The summed E-state index contributed by atoms with van der Waals surface area (Å²) in [6, 6.07) is 2.21. The minimum absolute atomic E-state index is 0.0861. The second kappa shape index (κ2) is 6.59. The van der Waals surface area contributed by atoms with Crippen LogP contribution in [0.1, 0.15) is 12.8 Å². The zero-order chi connectivity index (χ0) is 15.5. The summed E-state index contributed by atoms with van der Waals surface area (Å²) < 4.78 is 50.7. The first kappa shape index (κ1) is 16.0. The summed E-state index contributed by atoms with van der Waals surface area (Å²) in [4.78, 5) is -0.446. The van der Waals surface area contributed by atoms with E-state index in [1.54, 1.807) is 0 Å². The van der Waals surface area contributed by atoms with Crippen molar-refractivity contribution in [3.05, 3.63) is 17.9 Å². The normalized spacial score (nSPS) is 18.7. The molecule has 21 heavy (non-hydrogen) atoms. The van der Waals surface area contributed by atoms with Gasteiger partial charge in [-0.1, -0.05) is 0 Å². The van der Waals surface area contributed by atoms with E-state index in [9.17, 15) is 12.8 Å². The Kier molecular flexibility index (Phi) is 5.02. The Hall–Kier alpha value is -1.38. The van der Waals surface area contributed by atoms with Crippen LogP contribution in [0.2, 0.25) is 0 Å². The van der Waals surface area contributed by atoms with E-state index in [1.807, 2.05) is 0 Å². The van der Waals surface area contributed by atoms with Crippen molar-refractivity contribution in [1.29, 1.82) is 0 Å². The molecule has 0 spiro atoms. The van der Waals surface area contributed by atoms with E-state index >= 15 is 0 Å². The number of halogens is 1. The zero-order valence-electron chi connectivity index (χ0n) is 12.0. The van der Waals surface area contributed by atoms with Crippen molar-refractivity contribution in [3.8, 4) is 11.5 Å². The van der Waals surface area contributed by atoms with Crippen molar-refractivity contribution in [2.24, 2.45) is 0 Å². The highest BCUT2D eigenvalue weighted by Gasteiger charge is 2.24. The van der Waals surface area contributed by atoms with E-state index in [-0.39, 0.29) is 24.1 Å². The number of benzene rings is 1. The van der Waals surface area contributed by atoms with Crippen molar-refractivity contribution in [2.45, 2.75) is 23.8 Å². The molecule has 0 saturated carbocycles. The maximum Gasteiger partial charge on any atom is 0.243 e. The van der Waals surface area contributed by atoms with Crippen LogP contribution in [-0.4, -0.2) is 41.8 Å². The van der Waals surface area contributed by atoms with Gasteiger partial charge in [0.25, 0.3) is 0 Å². The maximum absolute atomic E-state index is 14.0. The maximum atomic E-state index is 14.0. The van der Waals surface area contributed by atoms with Gasteiger partial charge in [0.2, 0.25) is 10.0 Å². The molecule has 0 amide bonds. The van der Waals surface area contributed by atoms with Crippen molar-refractivity contribution in [1.82, 2.24) is 10.0 Å². The lowest BCUT2D eigenvalue weighted by Crippen LogP contribution is -2.37. The molecule has 8 heteroatoms. The van der Waals surface area contributed by atoms with Crippen molar-refractivity contribution in [2.75, 3.05) is 27.3 Å². The van der Waals surface area contributed by atoms with Gasteiger partial charge in [-0.05, 0) is 19.4 Å². The average molecular weight is 318 g/mol. The largest absolute Gasteiger partial charge is 0.493 e. The first-order valence-electron chi connectivity index (χ1n) is 6.62. The highest BCUT2D eigenvalue weighted by molar-refractivity contribution is 7.89. The number of nitrogens with one attached hydrogen (secondary N) is 2. The van der Waals surface area contributed by atoms with E-state index in [4.69, 9.17) is 9.47 Å². The molecule has 1 heterocycles. The van der Waals surface area contributed by atoms with Crippen LogP contribution in [0.5, 0.6) is 11.5 Å². The van der Waals surface area contributed by atoms with Crippen LogP contribution in [0.15, 0.2) is 17.0 Å². The molecule has 1 saturated heterocycles. The summed E-state index contributed by atoms with van der Waals surface area (Å²) in [5, 5.41) is 3.17. The summed E-state index contributed by atoms with van der Waals surface area (Å²) >= 11 is 0. The number of hydrogen-bond donors (Lipinski definition) is 2. The molecule has 0 aromatic heterocycles. The molecule has 1 aromatic rings. The van der Waals surface area contributed by atoms with Gasteiger partial charge in [0.1, 0.15) is 10.7 Å². The van der Waals surface area contributed by atoms with Gasteiger partial charge in [-0.3, -0.25) is 0 Å². The fourth-order valence-corrected chi connectivity index (χ4v) is 3.41. The molecule has 1 unspecified atom stereocenters. The van der Waals surface area contributed by atoms with Crippen molar-refractivity contribution < 1.29 is 22.3 Å². The number of methoxy groups -OCH3 is 2. The third-order valence-corrected chi connectivity index (χ3v) is 4.85. The molecular weight excluding hydrogens is 299 g/mol. The van der Waals surface area contributed by atoms with Gasteiger partial charge >= 0.3 is 0 Å². The molecule has 6 nitrogen and oxygen atoms in total. The highest BCUT2D eigenvalue weighted by Crippen LogP contribution is 2.31. The standard InChI is InChI=1S/C13H19FN2O4S/c1-19-11-6-10(14)13(7-12(11)20-2)21(17,18)16-8-9-4-3-5-15-9/h6-7,9,15-16H,3-5,8H2,1-2H3. The lowest BCUT2D eigenvalue weighted by atomic mass is 10.2. The second-order valence-electron chi connectivity index (χ2n) is 4.78. The molecule has 0 bridgehead atoms. The topological polar surface area (TPSA) is 76.7 Å². The smallest absolute Gasteiger partial charge is 0.243 e. The van der Waals surface area contributed by atoms with Crippen LogP contribution in [0.3, 0.4) is 0 Å². The molecule has 2 rings (SSSR count). The number of ether oxygens (including phenoxy) is 2. The second-order valence-corrected chi connectivity index (χ2v) is 6.52. The fraction of sp³-hybridized carbons (Fsp3) is 0.538. The number of hydrogen-bond acceptors (Lipinski definition) is 5. The minimum Gasteiger partial charge on any atom is -0.493 e. The van der Waals surface area contributed by atoms with E-state index in [1.165, 1.54) is 14.2 Å².